The van der Waals surface area contributed by atoms with Crippen molar-refractivity contribution in [3.05, 3.63) is 42.6 Å². The summed E-state index contributed by atoms with van der Waals surface area (Å²) in [7, 11) is 0. The molecule has 160 valence electrons. The van der Waals surface area contributed by atoms with Crippen LogP contribution in [0.4, 0.5) is 5.82 Å². The molecule has 9 nitrogen and oxygen atoms in total. The smallest absolute Gasteiger partial charge is 0.237 e. The summed E-state index contributed by atoms with van der Waals surface area (Å²) >= 11 is 0. The molecule has 0 amide bonds. The van der Waals surface area contributed by atoms with Crippen molar-refractivity contribution in [1.82, 2.24) is 34.3 Å². The highest BCUT2D eigenvalue weighted by Gasteiger charge is 2.38. The fourth-order valence-electron chi connectivity index (χ4n) is 5.17. The molecule has 1 unspecified atom stereocenters. The van der Waals surface area contributed by atoms with E-state index in [2.05, 4.69) is 33.1 Å². The predicted molar refractivity (Wildman–Crippen MR) is 115 cm³/mol. The normalized spacial score (nSPS) is 21.1. The Morgan fingerprint density at radius 2 is 2.06 bits per heavy atom. The minimum atomic E-state index is 0.164. The molecule has 3 aromatic rings. The molecule has 9 heteroatoms. The van der Waals surface area contributed by atoms with Crippen LogP contribution in [0.1, 0.15) is 63.1 Å². The van der Waals surface area contributed by atoms with E-state index in [4.69, 9.17) is 14.7 Å². The minimum Gasteiger partial charge on any atom is -0.376 e. The molecule has 1 atom stereocenters. The molecule has 5 heterocycles. The third-order valence-corrected chi connectivity index (χ3v) is 6.61. The Kier molecular flexibility index (Phi) is 4.56. The maximum atomic E-state index is 5.64. The fourth-order valence-corrected chi connectivity index (χ4v) is 5.17. The van der Waals surface area contributed by atoms with Gasteiger partial charge in [-0.05, 0) is 25.7 Å². The van der Waals surface area contributed by atoms with Gasteiger partial charge in [0.1, 0.15) is 17.8 Å². The number of anilines is 1. The van der Waals surface area contributed by atoms with E-state index < -0.39 is 0 Å². The highest BCUT2D eigenvalue weighted by molar-refractivity contribution is 5.65. The van der Waals surface area contributed by atoms with E-state index in [1.54, 1.807) is 12.5 Å². The van der Waals surface area contributed by atoms with Crippen LogP contribution in [0, 0.1) is 0 Å². The molecule has 3 aromatic heterocycles. The van der Waals surface area contributed by atoms with Gasteiger partial charge in [-0.1, -0.05) is 25.8 Å². The third-order valence-electron chi connectivity index (χ3n) is 6.61. The molecule has 31 heavy (non-hydrogen) atoms. The topological polar surface area (TPSA) is 86.8 Å². The van der Waals surface area contributed by atoms with E-state index in [0.29, 0.717) is 18.6 Å². The lowest BCUT2D eigenvalue weighted by Gasteiger charge is -2.40. The first-order valence-corrected chi connectivity index (χ1v) is 11.2. The lowest BCUT2D eigenvalue weighted by molar-refractivity contribution is 0.164. The van der Waals surface area contributed by atoms with Gasteiger partial charge in [0.2, 0.25) is 5.95 Å². The van der Waals surface area contributed by atoms with Crippen LogP contribution in [0.3, 0.4) is 0 Å². The van der Waals surface area contributed by atoms with Crippen molar-refractivity contribution in [2.45, 2.75) is 57.5 Å². The van der Waals surface area contributed by atoms with Crippen LogP contribution in [0.25, 0.3) is 17.2 Å². The van der Waals surface area contributed by atoms with Crippen LogP contribution in [-0.4, -0.2) is 53.5 Å². The maximum absolute atomic E-state index is 5.64. The second-order valence-corrected chi connectivity index (χ2v) is 8.40. The molecule has 0 N–H and O–H groups in total. The Bertz CT molecular complexity index is 1130. The Labute approximate surface area is 180 Å². The number of fused-ring (bicyclic) bond motifs is 3. The second kappa shape index (κ2) is 7.56. The Morgan fingerprint density at radius 3 is 2.87 bits per heavy atom. The summed E-state index contributed by atoms with van der Waals surface area (Å²) in [5.74, 6) is 3.42. The van der Waals surface area contributed by atoms with E-state index in [0.717, 1.165) is 48.2 Å². The predicted octanol–water partition coefficient (Wildman–Crippen LogP) is 3.26. The number of hydrogen-bond donors (Lipinski definition) is 0. The van der Waals surface area contributed by atoms with Crippen LogP contribution in [0.2, 0.25) is 0 Å². The standard InChI is InChI=1S/C22H26N8O/c1-2-17-21-27-25-14-29(21)18-12-24-22(26-20(18)30(17)16-7-3-4-8-16)28-10-9-23-19(28)15-6-5-11-31-13-15/h6,9-10,12,14,16-17H,2-5,7-8,11,13H2,1H3. The fraction of sp³-hybridized carbons (Fsp3) is 0.500. The van der Waals surface area contributed by atoms with Crippen LogP contribution in [-0.2, 0) is 4.74 Å². The lowest BCUT2D eigenvalue weighted by atomic mass is 10.0. The molecule has 0 bridgehead atoms. The summed E-state index contributed by atoms with van der Waals surface area (Å²) in [6.45, 7) is 3.54. The summed E-state index contributed by atoms with van der Waals surface area (Å²) in [6.07, 6.45) is 16.3. The van der Waals surface area contributed by atoms with Gasteiger partial charge in [-0.25, -0.2) is 9.97 Å². The zero-order chi connectivity index (χ0) is 20.8. The van der Waals surface area contributed by atoms with Crippen LogP contribution >= 0.6 is 0 Å². The Morgan fingerprint density at radius 1 is 1.16 bits per heavy atom. The summed E-state index contributed by atoms with van der Waals surface area (Å²) in [5, 5.41) is 8.66. The molecular formula is C22H26N8O. The zero-order valence-electron chi connectivity index (χ0n) is 17.7. The maximum Gasteiger partial charge on any atom is 0.237 e. The van der Waals surface area contributed by atoms with Crippen molar-refractivity contribution in [2.75, 3.05) is 18.1 Å². The largest absolute Gasteiger partial charge is 0.376 e. The summed E-state index contributed by atoms with van der Waals surface area (Å²) in [5.41, 5.74) is 2.03. The van der Waals surface area contributed by atoms with E-state index in [1.807, 2.05) is 21.5 Å². The molecule has 1 fully saturated rings. The van der Waals surface area contributed by atoms with E-state index >= 15 is 0 Å². The molecule has 1 saturated carbocycles. The van der Waals surface area contributed by atoms with Gasteiger partial charge in [0.15, 0.2) is 11.6 Å². The third kappa shape index (κ3) is 2.98. The number of nitrogens with zero attached hydrogens (tertiary/aromatic N) is 8. The molecule has 0 spiro atoms. The molecule has 0 saturated heterocycles. The minimum absolute atomic E-state index is 0.164. The summed E-state index contributed by atoms with van der Waals surface area (Å²) in [6, 6.07) is 0.631. The van der Waals surface area contributed by atoms with Crippen LogP contribution < -0.4 is 4.90 Å². The average molecular weight is 419 g/mol. The van der Waals surface area contributed by atoms with Gasteiger partial charge in [-0.3, -0.25) is 9.13 Å². The van der Waals surface area contributed by atoms with Crippen molar-refractivity contribution in [3.63, 3.8) is 0 Å². The lowest BCUT2D eigenvalue weighted by Crippen LogP contribution is -2.42. The first-order chi connectivity index (χ1) is 15.3. The van der Waals surface area contributed by atoms with Gasteiger partial charge in [0, 0.05) is 24.0 Å². The summed E-state index contributed by atoms with van der Waals surface area (Å²) in [4.78, 5) is 16.9. The summed E-state index contributed by atoms with van der Waals surface area (Å²) < 4.78 is 9.66. The highest BCUT2D eigenvalue weighted by atomic mass is 16.5. The number of hydrogen-bond acceptors (Lipinski definition) is 7. The van der Waals surface area contributed by atoms with E-state index in [9.17, 15) is 0 Å². The van der Waals surface area contributed by atoms with Crippen LogP contribution in [0.15, 0.2) is 31.0 Å². The number of aromatic nitrogens is 7. The Hall–Kier alpha value is -3.07. The van der Waals surface area contributed by atoms with E-state index in [-0.39, 0.29) is 6.04 Å². The molecular weight excluding hydrogens is 392 g/mol. The van der Waals surface area contributed by atoms with Gasteiger partial charge < -0.3 is 9.64 Å². The molecule has 0 radical (unpaired) electrons. The first kappa shape index (κ1) is 18.7. The average Bonchev–Trinajstić information content (AvgIpc) is 3.59. The molecule has 3 aliphatic rings. The highest BCUT2D eigenvalue weighted by Crippen LogP contribution is 2.42. The number of ether oxygens (including phenoxy) is 1. The van der Waals surface area contributed by atoms with Gasteiger partial charge in [-0.15, -0.1) is 10.2 Å². The van der Waals surface area contributed by atoms with Crippen molar-refractivity contribution in [2.24, 2.45) is 0 Å². The van der Waals surface area contributed by atoms with Crippen LogP contribution in [0.5, 0.6) is 0 Å². The van der Waals surface area contributed by atoms with Crippen molar-refractivity contribution in [3.8, 4) is 11.6 Å². The second-order valence-electron chi connectivity index (χ2n) is 8.40. The molecule has 6 rings (SSSR count). The SMILES string of the molecule is CCC1c2nncn2-c2cnc(-n3ccnc3C3=CCCOC3)nc2N1C1CCCC1. The van der Waals surface area contributed by atoms with Gasteiger partial charge in [0.05, 0.1) is 25.5 Å². The van der Waals surface area contributed by atoms with Gasteiger partial charge in [0.25, 0.3) is 0 Å². The van der Waals surface area contributed by atoms with Gasteiger partial charge >= 0.3 is 0 Å². The molecule has 2 aliphatic heterocycles. The van der Waals surface area contributed by atoms with Gasteiger partial charge in [-0.2, -0.15) is 4.98 Å². The van der Waals surface area contributed by atoms with Crippen molar-refractivity contribution in [1.29, 1.82) is 0 Å². The zero-order valence-corrected chi connectivity index (χ0v) is 17.7. The van der Waals surface area contributed by atoms with Crippen molar-refractivity contribution < 1.29 is 4.74 Å². The number of imidazole rings is 1. The monoisotopic (exact) mass is 418 g/mol. The molecule has 0 aromatic carbocycles. The van der Waals surface area contributed by atoms with E-state index in [1.165, 1.54) is 25.7 Å². The Balaban J connectivity index is 1.49. The van der Waals surface area contributed by atoms with Crippen molar-refractivity contribution >= 4 is 11.4 Å². The number of rotatable bonds is 4. The quantitative estimate of drug-likeness (QED) is 0.643. The first-order valence-electron chi connectivity index (χ1n) is 11.2. The molecule has 1 aliphatic carbocycles.